The summed E-state index contributed by atoms with van der Waals surface area (Å²) in [5.74, 6) is 0.149. The molecule has 0 unspecified atom stereocenters. The Bertz CT molecular complexity index is 1100. The van der Waals surface area contributed by atoms with Crippen LogP contribution in [0.4, 0.5) is 5.88 Å². The zero-order valence-corrected chi connectivity index (χ0v) is 18.7. The van der Waals surface area contributed by atoms with Crippen LogP contribution in [0.5, 0.6) is 0 Å². The average molecular weight is 458 g/mol. The molecule has 2 saturated heterocycles. The molecule has 1 aromatic carbocycles. The van der Waals surface area contributed by atoms with E-state index in [1.165, 1.54) is 0 Å². The van der Waals surface area contributed by atoms with Gasteiger partial charge in [-0.3, -0.25) is 4.79 Å². The Kier molecular flexibility index (Phi) is 6.48. The number of hydrogen-bond acceptors (Lipinski definition) is 7. The summed E-state index contributed by atoms with van der Waals surface area (Å²) < 4.78 is 33.4. The second kappa shape index (κ2) is 9.30. The number of nitrogens with zero attached hydrogens (tertiary/aromatic N) is 4. The molecular formula is C22H27N5O4S. The fourth-order valence-electron chi connectivity index (χ4n) is 4.29. The second-order valence-electron chi connectivity index (χ2n) is 8.29. The van der Waals surface area contributed by atoms with Crippen molar-refractivity contribution in [2.45, 2.75) is 43.4 Å². The van der Waals surface area contributed by atoms with E-state index in [1.54, 1.807) is 28.6 Å². The molecule has 0 bridgehead atoms. The van der Waals surface area contributed by atoms with E-state index in [2.05, 4.69) is 11.1 Å². The van der Waals surface area contributed by atoms with Crippen molar-refractivity contribution in [3.63, 3.8) is 0 Å². The van der Waals surface area contributed by atoms with E-state index in [4.69, 9.17) is 10.2 Å². The van der Waals surface area contributed by atoms with Crippen LogP contribution in [-0.4, -0.2) is 49.8 Å². The van der Waals surface area contributed by atoms with Crippen molar-refractivity contribution in [2.75, 3.05) is 31.1 Å². The van der Waals surface area contributed by atoms with E-state index in [-0.39, 0.29) is 28.3 Å². The van der Waals surface area contributed by atoms with E-state index in [0.29, 0.717) is 50.5 Å². The number of aromatic nitrogens is 1. The molecule has 2 fully saturated rings. The molecule has 2 aliphatic heterocycles. The van der Waals surface area contributed by atoms with Gasteiger partial charge in [0.05, 0.1) is 4.90 Å². The van der Waals surface area contributed by atoms with E-state index < -0.39 is 10.0 Å². The summed E-state index contributed by atoms with van der Waals surface area (Å²) in [5.41, 5.74) is 6.15. The third-order valence-electron chi connectivity index (χ3n) is 6.20. The third kappa shape index (κ3) is 4.49. The van der Waals surface area contributed by atoms with Gasteiger partial charge in [-0.15, -0.1) is 0 Å². The molecule has 0 saturated carbocycles. The molecule has 32 heavy (non-hydrogen) atoms. The third-order valence-corrected chi connectivity index (χ3v) is 8.12. The summed E-state index contributed by atoms with van der Waals surface area (Å²) in [6, 6.07) is 8.49. The van der Waals surface area contributed by atoms with Gasteiger partial charge in [0.25, 0.3) is 0 Å². The fourth-order valence-corrected chi connectivity index (χ4v) is 5.81. The predicted octanol–water partition coefficient (Wildman–Crippen LogP) is 2.48. The first kappa shape index (κ1) is 22.3. The Labute approximate surface area is 187 Å². The number of benzene rings is 1. The average Bonchev–Trinajstić information content (AvgIpc) is 3.04. The van der Waals surface area contributed by atoms with Gasteiger partial charge in [-0.05, 0) is 49.9 Å². The number of primary amides is 1. The minimum absolute atomic E-state index is 0.166. The Morgan fingerprint density at radius 1 is 1.06 bits per heavy atom. The first-order valence-electron chi connectivity index (χ1n) is 11.0. The molecule has 0 radical (unpaired) electrons. The first-order chi connectivity index (χ1) is 15.4. The summed E-state index contributed by atoms with van der Waals surface area (Å²) in [6.07, 6.45) is 5.06. The Morgan fingerprint density at radius 3 is 2.25 bits per heavy atom. The van der Waals surface area contributed by atoms with Crippen LogP contribution in [0.3, 0.4) is 0 Å². The van der Waals surface area contributed by atoms with Crippen molar-refractivity contribution in [1.82, 2.24) is 9.29 Å². The number of piperidine rings is 1. The topological polar surface area (TPSA) is 134 Å². The van der Waals surface area contributed by atoms with Gasteiger partial charge < -0.3 is 15.1 Å². The maximum absolute atomic E-state index is 13.0. The lowest BCUT2D eigenvalue weighted by atomic mass is 9.96. The van der Waals surface area contributed by atoms with E-state index >= 15 is 0 Å². The summed E-state index contributed by atoms with van der Waals surface area (Å²) in [7, 11) is -3.54. The number of nitriles is 1. The molecule has 10 heteroatoms. The Morgan fingerprint density at radius 2 is 1.69 bits per heavy atom. The van der Waals surface area contributed by atoms with E-state index in [1.807, 2.05) is 4.90 Å². The lowest BCUT2D eigenvalue weighted by Crippen LogP contribution is -2.38. The molecule has 9 nitrogen and oxygen atoms in total. The quantitative estimate of drug-likeness (QED) is 0.729. The van der Waals surface area contributed by atoms with Crippen molar-refractivity contribution in [3.05, 3.63) is 30.0 Å². The number of hydrogen-bond donors (Lipinski definition) is 1. The SMILES string of the molecule is N#Cc1nc(-c2ccc(S(=O)(=O)N3CCCCCC3)cc2)oc1N1CCC(C(N)=O)CC1. The number of sulfonamides is 1. The largest absolute Gasteiger partial charge is 0.419 e. The zero-order valence-electron chi connectivity index (χ0n) is 17.9. The number of carbonyl (C=O) groups excluding carboxylic acids is 1. The number of amides is 1. The molecule has 1 aromatic heterocycles. The number of carbonyl (C=O) groups is 1. The van der Waals surface area contributed by atoms with Crippen LogP contribution in [0.15, 0.2) is 33.6 Å². The van der Waals surface area contributed by atoms with Crippen LogP contribution in [0.1, 0.15) is 44.2 Å². The van der Waals surface area contributed by atoms with Gasteiger partial charge in [0, 0.05) is 37.7 Å². The molecule has 0 aliphatic carbocycles. The minimum Gasteiger partial charge on any atom is -0.419 e. The van der Waals surface area contributed by atoms with Gasteiger partial charge in [-0.25, -0.2) is 8.42 Å². The van der Waals surface area contributed by atoms with Crippen molar-refractivity contribution in [3.8, 4) is 17.5 Å². The summed E-state index contributed by atoms with van der Waals surface area (Å²) in [4.78, 5) is 17.8. The molecule has 2 aliphatic rings. The van der Waals surface area contributed by atoms with Crippen LogP contribution in [-0.2, 0) is 14.8 Å². The van der Waals surface area contributed by atoms with Gasteiger partial charge >= 0.3 is 0 Å². The molecular weight excluding hydrogens is 430 g/mol. The highest BCUT2D eigenvalue weighted by atomic mass is 32.2. The number of oxazole rings is 1. The van der Waals surface area contributed by atoms with Crippen LogP contribution < -0.4 is 10.6 Å². The molecule has 3 heterocycles. The lowest BCUT2D eigenvalue weighted by molar-refractivity contribution is -0.122. The fraction of sp³-hybridized carbons (Fsp3) is 0.500. The van der Waals surface area contributed by atoms with Gasteiger partial charge in [-0.1, -0.05) is 12.8 Å². The summed E-state index contributed by atoms with van der Waals surface area (Å²) in [6.45, 7) is 2.18. The summed E-state index contributed by atoms with van der Waals surface area (Å²) >= 11 is 0. The van der Waals surface area contributed by atoms with Crippen LogP contribution in [0.25, 0.3) is 11.5 Å². The smallest absolute Gasteiger partial charge is 0.243 e. The monoisotopic (exact) mass is 457 g/mol. The van der Waals surface area contributed by atoms with Gasteiger partial charge in [-0.2, -0.15) is 14.6 Å². The molecule has 0 spiro atoms. The maximum atomic E-state index is 13.0. The van der Waals surface area contributed by atoms with E-state index in [0.717, 1.165) is 25.7 Å². The first-order valence-corrected chi connectivity index (χ1v) is 12.4. The Balaban J connectivity index is 1.53. The van der Waals surface area contributed by atoms with Crippen molar-refractivity contribution >= 4 is 21.8 Å². The Hall–Kier alpha value is -2.90. The lowest BCUT2D eigenvalue weighted by Gasteiger charge is -2.30. The second-order valence-corrected chi connectivity index (χ2v) is 10.2. The molecule has 0 atom stereocenters. The van der Waals surface area contributed by atoms with Crippen LogP contribution in [0.2, 0.25) is 0 Å². The standard InChI is InChI=1S/C22H27N5O4S/c23-15-19-22(26-13-9-16(10-14-26)20(24)28)31-21(25-19)17-5-7-18(8-6-17)32(29,30)27-11-3-1-2-4-12-27/h5-8,16H,1-4,9-14H2,(H2,24,28). The molecule has 2 aromatic rings. The zero-order chi connectivity index (χ0) is 22.7. The van der Waals surface area contributed by atoms with E-state index in [9.17, 15) is 18.5 Å². The number of rotatable bonds is 5. The molecule has 170 valence electrons. The molecule has 2 N–H and O–H groups in total. The minimum atomic E-state index is -3.54. The maximum Gasteiger partial charge on any atom is 0.243 e. The highest BCUT2D eigenvalue weighted by molar-refractivity contribution is 7.89. The van der Waals surface area contributed by atoms with Crippen LogP contribution in [0, 0.1) is 17.2 Å². The number of nitrogens with two attached hydrogens (primary N) is 1. The van der Waals surface area contributed by atoms with Gasteiger partial charge in [0.2, 0.25) is 33.4 Å². The molecule has 4 rings (SSSR count). The van der Waals surface area contributed by atoms with Gasteiger partial charge in [0.1, 0.15) is 6.07 Å². The predicted molar refractivity (Wildman–Crippen MR) is 118 cm³/mol. The highest BCUT2D eigenvalue weighted by Crippen LogP contribution is 2.32. The molecule has 1 amide bonds. The highest BCUT2D eigenvalue weighted by Gasteiger charge is 2.28. The normalized spacial score (nSPS) is 18.8. The van der Waals surface area contributed by atoms with Gasteiger partial charge in [0.15, 0.2) is 0 Å². The summed E-state index contributed by atoms with van der Waals surface area (Å²) in [5, 5.41) is 9.51. The van der Waals surface area contributed by atoms with Crippen LogP contribution >= 0.6 is 0 Å². The van der Waals surface area contributed by atoms with Crippen molar-refractivity contribution < 1.29 is 17.6 Å². The van der Waals surface area contributed by atoms with Crippen molar-refractivity contribution in [1.29, 1.82) is 5.26 Å². The van der Waals surface area contributed by atoms with Crippen molar-refractivity contribution in [2.24, 2.45) is 11.7 Å². The number of anilines is 1.